The van der Waals surface area contributed by atoms with Gasteiger partial charge in [0.2, 0.25) is 65.0 Å². The molecule has 0 aliphatic carbocycles. The molecule has 11 amide bonds. The first-order valence-corrected chi connectivity index (χ1v) is 31.8. The molecule has 1 aliphatic rings. The van der Waals surface area contributed by atoms with E-state index >= 15 is 4.79 Å². The maximum Gasteiger partial charge on any atom is 0.416 e. The Bertz CT molecular complexity index is 3080. The molecule has 1 fully saturated rings. The van der Waals surface area contributed by atoms with Crippen molar-refractivity contribution in [3.05, 3.63) is 106 Å². The van der Waals surface area contributed by atoms with Gasteiger partial charge in [-0.1, -0.05) is 114 Å². The summed E-state index contributed by atoms with van der Waals surface area (Å²) >= 11 is 6.20. The van der Waals surface area contributed by atoms with Crippen LogP contribution in [-0.2, 0) is 78.2 Å². The fourth-order valence-electron chi connectivity index (χ4n) is 10.6. The first-order valence-electron chi connectivity index (χ1n) is 31.4. The predicted octanol–water partition coefficient (Wildman–Crippen LogP) is 4.98. The molecule has 4 N–H and O–H groups in total. The Morgan fingerprint density at radius 1 is 0.505 bits per heavy atom. The van der Waals surface area contributed by atoms with Crippen molar-refractivity contribution in [2.45, 2.75) is 161 Å². The lowest BCUT2D eigenvalue weighted by atomic mass is 9.97. The second-order valence-corrected chi connectivity index (χ2v) is 25.9. The normalized spacial score (nSPS) is 23.5. The number of amides is 11. The molecule has 26 heteroatoms. The zero-order valence-electron chi connectivity index (χ0n) is 56.3. The van der Waals surface area contributed by atoms with Crippen molar-refractivity contribution in [3.63, 3.8) is 0 Å². The molecular formula is C67H95ClF3N11O11. The molecule has 9 atom stereocenters. The van der Waals surface area contributed by atoms with Crippen molar-refractivity contribution in [2.24, 2.45) is 17.8 Å². The lowest BCUT2D eigenvalue weighted by Gasteiger charge is -2.35. The van der Waals surface area contributed by atoms with E-state index in [1.807, 2.05) is 20.8 Å². The van der Waals surface area contributed by atoms with Crippen LogP contribution in [0, 0.1) is 17.8 Å². The zero-order valence-corrected chi connectivity index (χ0v) is 57.0. The minimum absolute atomic E-state index is 0.0143. The van der Waals surface area contributed by atoms with Crippen molar-refractivity contribution in [1.29, 1.82) is 0 Å². The van der Waals surface area contributed by atoms with Gasteiger partial charge in [0, 0.05) is 79.7 Å². The van der Waals surface area contributed by atoms with E-state index in [0.717, 1.165) is 31.7 Å². The second-order valence-electron chi connectivity index (χ2n) is 25.4. The summed E-state index contributed by atoms with van der Waals surface area (Å²) in [6.45, 7) is 12.1. The van der Waals surface area contributed by atoms with Gasteiger partial charge in [-0.05, 0) is 98.2 Å². The first kappa shape index (κ1) is 77.4. The van der Waals surface area contributed by atoms with Gasteiger partial charge in [-0.15, -0.1) is 0 Å². The number of carbonyl (C=O) groups is 11. The van der Waals surface area contributed by atoms with Crippen LogP contribution in [0.5, 0.6) is 0 Å². The fourth-order valence-corrected chi connectivity index (χ4v) is 10.7. The molecule has 0 saturated carbocycles. The molecule has 512 valence electrons. The average molecular weight is 1320 g/mol. The van der Waals surface area contributed by atoms with E-state index in [-0.39, 0.29) is 56.8 Å². The maximum atomic E-state index is 15.1. The summed E-state index contributed by atoms with van der Waals surface area (Å²) < 4.78 is 40.9. The quantitative estimate of drug-likeness (QED) is 0.177. The van der Waals surface area contributed by atoms with E-state index in [2.05, 4.69) is 21.3 Å². The molecule has 0 spiro atoms. The summed E-state index contributed by atoms with van der Waals surface area (Å²) in [4.78, 5) is 167. The Labute approximate surface area is 550 Å². The smallest absolute Gasteiger partial charge is 0.343 e. The third kappa shape index (κ3) is 22.9. The number of aryl methyl sites for hydroxylation is 1. The van der Waals surface area contributed by atoms with Crippen molar-refractivity contribution >= 4 is 76.6 Å². The molecule has 1 heterocycles. The summed E-state index contributed by atoms with van der Waals surface area (Å²) in [5, 5.41) is 11.5. The van der Waals surface area contributed by atoms with Crippen LogP contribution in [0.2, 0.25) is 5.02 Å². The van der Waals surface area contributed by atoms with Gasteiger partial charge in [0.05, 0.1) is 25.2 Å². The topological polar surface area (TPSA) is 259 Å². The molecule has 0 aromatic heterocycles. The van der Waals surface area contributed by atoms with Crippen molar-refractivity contribution < 1.29 is 65.9 Å². The predicted molar refractivity (Wildman–Crippen MR) is 346 cm³/mol. The van der Waals surface area contributed by atoms with Gasteiger partial charge in [-0.2, -0.15) is 13.2 Å². The van der Waals surface area contributed by atoms with Crippen LogP contribution < -0.4 is 21.3 Å². The molecule has 22 nitrogen and oxygen atoms in total. The summed E-state index contributed by atoms with van der Waals surface area (Å²) in [6.07, 6.45) is -4.78. The van der Waals surface area contributed by atoms with Crippen LogP contribution in [0.15, 0.2) is 78.9 Å². The first-order chi connectivity index (χ1) is 43.4. The van der Waals surface area contributed by atoms with Crippen LogP contribution in [0.25, 0.3) is 0 Å². The Morgan fingerprint density at radius 3 is 1.56 bits per heavy atom. The van der Waals surface area contributed by atoms with Crippen molar-refractivity contribution in [3.8, 4) is 0 Å². The van der Waals surface area contributed by atoms with Gasteiger partial charge in [0.15, 0.2) is 0 Å². The number of likely N-dealkylation sites (N-methyl/N-ethyl adjacent to an activating group) is 7. The van der Waals surface area contributed by atoms with E-state index in [9.17, 15) is 61.1 Å². The minimum Gasteiger partial charge on any atom is -0.343 e. The number of carbonyl (C=O) groups excluding carboxylic acids is 11. The third-order valence-electron chi connectivity index (χ3n) is 17.1. The van der Waals surface area contributed by atoms with E-state index < -0.39 is 151 Å². The van der Waals surface area contributed by atoms with E-state index in [1.54, 1.807) is 82.3 Å². The average Bonchev–Trinajstić information content (AvgIpc) is 3.18. The SMILES string of the molecule is CC[C@H](C)[C@@H]1NC(=O)[C@H](C)N(C)C(=O)C[C@@H](C)N(C)C(=O)[C@H](CC(C)C)NC(=O)[C@H](Cc2ccccc2)N(C)C(=O)[C@H](CC(C)C)NC(=O)[C@H](CCc2ccc(C(F)(F)F)cc2)NC(=O)CN(C)C(=O)[C@H](Cc2ccc(Cl)cc2)N(C)C(=O)CN(C)C(=O)CN(C)C1=O. The molecule has 3 aromatic rings. The lowest BCUT2D eigenvalue weighted by Crippen LogP contribution is -2.60. The van der Waals surface area contributed by atoms with Crippen LogP contribution in [0.1, 0.15) is 110 Å². The minimum atomic E-state index is -4.64. The third-order valence-corrected chi connectivity index (χ3v) is 17.3. The van der Waals surface area contributed by atoms with E-state index in [1.165, 1.54) is 83.1 Å². The highest BCUT2D eigenvalue weighted by Crippen LogP contribution is 2.29. The molecule has 1 saturated heterocycles. The van der Waals surface area contributed by atoms with E-state index in [4.69, 9.17) is 11.6 Å². The maximum absolute atomic E-state index is 15.1. The number of nitrogens with one attached hydrogen (secondary N) is 4. The highest BCUT2D eigenvalue weighted by Gasteiger charge is 2.40. The Kier molecular flexibility index (Phi) is 29.3. The number of benzene rings is 3. The van der Waals surface area contributed by atoms with Crippen LogP contribution in [-0.4, -0.2) is 217 Å². The zero-order chi connectivity index (χ0) is 69.9. The van der Waals surface area contributed by atoms with Gasteiger partial charge in [0.25, 0.3) is 0 Å². The monoisotopic (exact) mass is 1320 g/mol. The summed E-state index contributed by atoms with van der Waals surface area (Å²) in [6, 6.07) is 9.75. The molecule has 4 rings (SSSR count). The fraction of sp³-hybridized carbons (Fsp3) is 0.567. The number of hydrogen-bond donors (Lipinski definition) is 4. The second kappa shape index (κ2) is 35.3. The van der Waals surface area contributed by atoms with Crippen molar-refractivity contribution in [2.75, 3.05) is 69.0 Å². The molecule has 1 aliphatic heterocycles. The van der Waals surface area contributed by atoms with Crippen LogP contribution >= 0.6 is 11.6 Å². The highest BCUT2D eigenvalue weighted by molar-refractivity contribution is 6.30. The summed E-state index contributed by atoms with van der Waals surface area (Å²) in [5.41, 5.74) is 0.656. The standard InChI is InChI=1S/C67H95ClF3N11O11/c1-16-42(6)59-66(93)78(11)38-57(85)76(9)39-58(86)81(14)54(36-47-24-29-49(68)30-25-47)65(92)77(10)37-55(83)72-50(31-26-45-22-27-48(28-23-45)67(69,70)71)61(88)73-52(33-41(4)5)64(91)82(15)53(35-46-20-18-17-19-21-46)62(89)74-51(32-40(2)3)63(90)79(12)43(7)34-56(84)80(13)44(8)60(87)75-59/h17-25,27-30,40-44,50-54,59H,16,26,31-39H2,1-15H3,(H,72,83)(H,73,88)(H,74,89)(H,75,87)/t42-,43+,44-,50-,51-,52-,53-,54-,59-/m0/s1. The van der Waals surface area contributed by atoms with Crippen LogP contribution in [0.3, 0.4) is 0 Å². The number of rotatable bonds is 13. The van der Waals surface area contributed by atoms with Gasteiger partial charge in [-0.3, -0.25) is 52.7 Å². The lowest BCUT2D eigenvalue weighted by molar-refractivity contribution is -0.148. The van der Waals surface area contributed by atoms with Crippen molar-refractivity contribution in [1.82, 2.24) is 55.6 Å². The van der Waals surface area contributed by atoms with Crippen LogP contribution in [0.4, 0.5) is 13.2 Å². The molecule has 0 unspecified atom stereocenters. The number of nitrogens with zero attached hydrogens (tertiary/aromatic N) is 7. The molecule has 0 bridgehead atoms. The Balaban J connectivity index is 1.85. The number of hydrogen-bond acceptors (Lipinski definition) is 11. The molecule has 0 radical (unpaired) electrons. The van der Waals surface area contributed by atoms with Gasteiger partial charge in [-0.25, -0.2) is 0 Å². The van der Waals surface area contributed by atoms with Gasteiger partial charge in [0.1, 0.15) is 42.3 Å². The number of halogens is 4. The molecule has 93 heavy (non-hydrogen) atoms. The van der Waals surface area contributed by atoms with Gasteiger partial charge < -0.3 is 55.6 Å². The Hall–Kier alpha value is -8.09. The Morgan fingerprint density at radius 2 is 1.01 bits per heavy atom. The summed E-state index contributed by atoms with van der Waals surface area (Å²) in [5.74, 6) is -8.64. The highest BCUT2D eigenvalue weighted by atomic mass is 35.5. The number of alkyl halides is 3. The summed E-state index contributed by atoms with van der Waals surface area (Å²) in [7, 11) is 9.62. The van der Waals surface area contributed by atoms with E-state index in [0.29, 0.717) is 28.1 Å². The molecular weight excluding hydrogens is 1230 g/mol. The van der Waals surface area contributed by atoms with Gasteiger partial charge >= 0.3 is 6.18 Å². The molecule has 3 aromatic carbocycles. The largest absolute Gasteiger partial charge is 0.416 e.